The topological polar surface area (TPSA) is 40.5 Å². The van der Waals surface area contributed by atoms with Gasteiger partial charge in [-0.25, -0.2) is 0 Å². The van der Waals surface area contributed by atoms with Crippen molar-refractivity contribution in [3.8, 4) is 11.5 Å². The van der Waals surface area contributed by atoms with Gasteiger partial charge in [0, 0.05) is 6.07 Å². The van der Waals surface area contributed by atoms with Crippen LogP contribution in [0.25, 0.3) is 6.08 Å². The minimum Gasteiger partial charge on any atom is -0.508 e. The molecule has 0 heterocycles. The van der Waals surface area contributed by atoms with Crippen LogP contribution in [0.3, 0.4) is 0 Å². The van der Waals surface area contributed by atoms with E-state index >= 15 is 0 Å². The smallest absolute Gasteiger partial charge is 0.119 e. The zero-order valence-electron chi connectivity index (χ0n) is 17.7. The van der Waals surface area contributed by atoms with Crippen LogP contribution in [-0.4, -0.2) is 10.2 Å². The van der Waals surface area contributed by atoms with Gasteiger partial charge in [0.2, 0.25) is 0 Å². The normalized spacial score (nSPS) is 12.9. The van der Waals surface area contributed by atoms with Gasteiger partial charge >= 0.3 is 0 Å². The molecule has 2 N–H and O–H groups in total. The maximum atomic E-state index is 9.41. The van der Waals surface area contributed by atoms with E-state index < -0.39 is 0 Å². The van der Waals surface area contributed by atoms with Crippen LogP contribution < -0.4 is 0 Å². The zero-order valence-corrected chi connectivity index (χ0v) is 17.7. The molecule has 0 atom stereocenters. The Kier molecular flexibility index (Phi) is 14.5. The third kappa shape index (κ3) is 14.9. The maximum absolute atomic E-state index is 9.41. The lowest BCUT2D eigenvalue weighted by molar-refractivity contribution is 0.450. The molecule has 0 spiro atoms. The summed E-state index contributed by atoms with van der Waals surface area (Å²) >= 11 is 0. The predicted octanol–water partition coefficient (Wildman–Crippen LogP) is 8.03. The second-order valence-electron chi connectivity index (χ2n) is 7.02. The number of benzene rings is 1. The number of unbranched alkanes of at least 4 members (excludes halogenated alkanes) is 7. The molecule has 0 unspecified atom stereocenters. The van der Waals surface area contributed by atoms with Gasteiger partial charge in [0.25, 0.3) is 0 Å². The number of phenolic OH excluding ortho intramolecular Hbond substituents is 2. The Hall–Kier alpha value is -2.74. The van der Waals surface area contributed by atoms with E-state index in [1.165, 1.54) is 57.4 Å². The summed E-state index contributed by atoms with van der Waals surface area (Å²) in [6, 6.07) is 4.50. The van der Waals surface area contributed by atoms with Crippen LogP contribution in [0.1, 0.15) is 63.9 Å². The molecule has 156 valence electrons. The van der Waals surface area contributed by atoms with Crippen LogP contribution >= 0.6 is 0 Å². The number of hydrogen-bond acceptors (Lipinski definition) is 2. The SMILES string of the molecule is CCCCCCCCC/C=C/C=C/C=C/C=C/C=C/C=C/c1cc(O)cc(O)c1. The number of phenols is 2. The number of rotatable bonds is 14. The Labute approximate surface area is 177 Å². The summed E-state index contributed by atoms with van der Waals surface area (Å²) in [7, 11) is 0. The average molecular weight is 393 g/mol. The van der Waals surface area contributed by atoms with Crippen molar-refractivity contribution in [3.05, 3.63) is 90.6 Å². The first kappa shape index (κ1) is 24.3. The van der Waals surface area contributed by atoms with Gasteiger partial charge in [0.1, 0.15) is 11.5 Å². The van der Waals surface area contributed by atoms with Gasteiger partial charge in [-0.15, -0.1) is 0 Å². The van der Waals surface area contributed by atoms with Gasteiger partial charge in [-0.1, -0.05) is 118 Å². The van der Waals surface area contributed by atoms with Gasteiger partial charge in [-0.05, 0) is 30.5 Å². The highest BCUT2D eigenvalue weighted by molar-refractivity contribution is 5.56. The van der Waals surface area contributed by atoms with Crippen molar-refractivity contribution in [3.63, 3.8) is 0 Å². The number of aromatic hydroxyl groups is 2. The summed E-state index contributed by atoms with van der Waals surface area (Å²) in [5.41, 5.74) is 0.751. The highest BCUT2D eigenvalue weighted by Crippen LogP contribution is 2.21. The molecule has 0 radical (unpaired) electrons. The fraction of sp³-hybridized carbons (Fsp3) is 0.333. The van der Waals surface area contributed by atoms with Crippen molar-refractivity contribution in [1.29, 1.82) is 0 Å². The largest absolute Gasteiger partial charge is 0.508 e. The van der Waals surface area contributed by atoms with Crippen molar-refractivity contribution in [2.24, 2.45) is 0 Å². The summed E-state index contributed by atoms with van der Waals surface area (Å²) in [5.74, 6) is 0.110. The lowest BCUT2D eigenvalue weighted by Gasteiger charge is -1.98. The van der Waals surface area contributed by atoms with Gasteiger partial charge < -0.3 is 10.2 Å². The molecule has 1 aromatic rings. The molecule has 0 amide bonds. The van der Waals surface area contributed by atoms with Crippen molar-refractivity contribution in [2.75, 3.05) is 0 Å². The molecule has 29 heavy (non-hydrogen) atoms. The Morgan fingerprint density at radius 3 is 1.66 bits per heavy atom. The molecule has 1 aromatic carbocycles. The summed E-state index contributed by atoms with van der Waals surface area (Å²) < 4.78 is 0. The first-order valence-corrected chi connectivity index (χ1v) is 10.7. The van der Waals surface area contributed by atoms with Gasteiger partial charge in [-0.2, -0.15) is 0 Å². The Morgan fingerprint density at radius 2 is 1.07 bits per heavy atom. The highest BCUT2D eigenvalue weighted by atomic mass is 16.3. The molecule has 0 saturated carbocycles. The molecule has 0 saturated heterocycles. The zero-order chi connectivity index (χ0) is 21.0. The Balaban J connectivity index is 2.11. The van der Waals surface area contributed by atoms with Crippen molar-refractivity contribution < 1.29 is 10.2 Å². The van der Waals surface area contributed by atoms with Gasteiger partial charge in [0.05, 0.1) is 0 Å². The van der Waals surface area contributed by atoms with E-state index in [-0.39, 0.29) is 11.5 Å². The molecule has 0 aliphatic rings. The van der Waals surface area contributed by atoms with Crippen LogP contribution in [0.2, 0.25) is 0 Å². The van der Waals surface area contributed by atoms with Gasteiger partial charge in [0.15, 0.2) is 0 Å². The predicted molar refractivity (Wildman–Crippen MR) is 127 cm³/mol. The molecule has 2 heteroatoms. The molecule has 0 bridgehead atoms. The first-order chi connectivity index (χ1) is 14.2. The monoisotopic (exact) mass is 392 g/mol. The van der Waals surface area contributed by atoms with E-state index in [1.54, 1.807) is 12.1 Å². The number of hydrogen-bond donors (Lipinski definition) is 2. The second kappa shape index (κ2) is 17.4. The third-order valence-corrected chi connectivity index (χ3v) is 4.32. The van der Waals surface area contributed by atoms with Crippen LogP contribution in [0, 0.1) is 0 Å². The average Bonchev–Trinajstić information content (AvgIpc) is 2.69. The van der Waals surface area contributed by atoms with Crippen molar-refractivity contribution in [2.45, 2.75) is 58.3 Å². The fourth-order valence-corrected chi connectivity index (χ4v) is 2.79. The van der Waals surface area contributed by atoms with Crippen LogP contribution in [0.15, 0.2) is 85.0 Å². The molecule has 0 aromatic heterocycles. The van der Waals surface area contributed by atoms with E-state index in [2.05, 4.69) is 25.2 Å². The maximum Gasteiger partial charge on any atom is 0.119 e. The minimum absolute atomic E-state index is 0.0550. The molecule has 0 aliphatic heterocycles. The van der Waals surface area contributed by atoms with Crippen molar-refractivity contribution in [1.82, 2.24) is 0 Å². The van der Waals surface area contributed by atoms with Crippen LogP contribution in [0.4, 0.5) is 0 Å². The standard InChI is InChI=1S/C27H36O2/c1-2-3-4-5-6-7-8-9-10-11-12-13-14-15-16-17-18-19-20-21-25-22-26(28)24-27(29)23-25/h10-24,28-29H,2-9H2,1H3/b11-10+,13-12+,15-14+,17-16+,19-18+,21-20+. The third-order valence-electron chi connectivity index (χ3n) is 4.32. The molecular formula is C27H36O2. The highest BCUT2D eigenvalue weighted by Gasteiger charge is 1.94. The Bertz CT molecular complexity index is 698. The van der Waals surface area contributed by atoms with Crippen LogP contribution in [-0.2, 0) is 0 Å². The van der Waals surface area contributed by atoms with E-state index in [1.807, 2.05) is 54.7 Å². The lowest BCUT2D eigenvalue weighted by Crippen LogP contribution is -1.78. The molecular weight excluding hydrogens is 356 g/mol. The quantitative estimate of drug-likeness (QED) is 0.248. The summed E-state index contributed by atoms with van der Waals surface area (Å²) in [5, 5.41) is 18.8. The van der Waals surface area contributed by atoms with Crippen LogP contribution in [0.5, 0.6) is 11.5 Å². The minimum atomic E-state index is 0.0550. The molecule has 0 fully saturated rings. The van der Waals surface area contributed by atoms with E-state index in [9.17, 15) is 10.2 Å². The second-order valence-corrected chi connectivity index (χ2v) is 7.02. The summed E-state index contributed by atoms with van der Waals surface area (Å²) in [4.78, 5) is 0. The van der Waals surface area contributed by atoms with E-state index in [0.717, 1.165) is 5.56 Å². The molecule has 1 rings (SSSR count). The Morgan fingerprint density at radius 1 is 0.586 bits per heavy atom. The van der Waals surface area contributed by atoms with E-state index in [4.69, 9.17) is 0 Å². The van der Waals surface area contributed by atoms with Crippen molar-refractivity contribution >= 4 is 6.08 Å². The fourth-order valence-electron chi connectivity index (χ4n) is 2.79. The summed E-state index contributed by atoms with van der Waals surface area (Å²) in [6.07, 6.45) is 34.6. The van der Waals surface area contributed by atoms with Gasteiger partial charge in [-0.3, -0.25) is 0 Å². The van der Waals surface area contributed by atoms with E-state index in [0.29, 0.717) is 0 Å². The first-order valence-electron chi connectivity index (χ1n) is 10.7. The summed E-state index contributed by atoms with van der Waals surface area (Å²) in [6.45, 7) is 2.26. The molecule has 0 aliphatic carbocycles. The lowest BCUT2D eigenvalue weighted by atomic mass is 10.1. The molecule has 2 nitrogen and oxygen atoms in total. The number of allylic oxidation sites excluding steroid dienone is 11.